The number of aryl methyl sites for hydroxylation is 1. The van der Waals surface area contributed by atoms with Gasteiger partial charge in [-0.1, -0.05) is 0 Å². The van der Waals surface area contributed by atoms with Gasteiger partial charge >= 0.3 is 0 Å². The number of alkyl halides is 2. The van der Waals surface area contributed by atoms with Crippen LogP contribution in [0.4, 0.5) is 8.78 Å². The molecule has 1 unspecified atom stereocenters. The highest BCUT2D eigenvalue weighted by molar-refractivity contribution is 7.12. The molecule has 0 aromatic carbocycles. The molecular formula is C16H22F2N2O2S. The van der Waals surface area contributed by atoms with Crippen LogP contribution in [-0.4, -0.2) is 65.1 Å². The monoisotopic (exact) mass is 344 g/mol. The molecule has 0 radical (unpaired) electrons. The van der Waals surface area contributed by atoms with Crippen molar-refractivity contribution in [2.24, 2.45) is 0 Å². The van der Waals surface area contributed by atoms with Gasteiger partial charge in [-0.3, -0.25) is 9.69 Å². The van der Waals surface area contributed by atoms with Crippen LogP contribution in [0, 0.1) is 6.92 Å². The molecule has 2 aliphatic heterocycles. The number of likely N-dealkylation sites (tertiary alicyclic amines) is 2. The minimum atomic E-state index is -2.58. The first kappa shape index (κ1) is 16.8. The molecule has 2 saturated heterocycles. The standard InChI is InChI=1S/C16H22F2N2O2S/c1-12-2-9-23-13(12)14(21)20-8-3-15(22,11-20)10-19-6-4-16(17,18)5-7-19/h2,9,22H,3-8,10-11H2,1H3. The number of halogens is 2. The van der Waals surface area contributed by atoms with Crippen LogP contribution in [0.3, 0.4) is 0 Å². The van der Waals surface area contributed by atoms with Crippen molar-refractivity contribution < 1.29 is 18.7 Å². The Balaban J connectivity index is 1.58. The Morgan fingerprint density at radius 2 is 2.00 bits per heavy atom. The summed E-state index contributed by atoms with van der Waals surface area (Å²) in [5.74, 6) is -2.62. The lowest BCUT2D eigenvalue weighted by atomic mass is 10.00. The lowest BCUT2D eigenvalue weighted by molar-refractivity contribution is -0.0720. The summed E-state index contributed by atoms with van der Waals surface area (Å²) in [6, 6.07) is 1.91. The summed E-state index contributed by atoms with van der Waals surface area (Å²) in [7, 11) is 0. The highest BCUT2D eigenvalue weighted by Gasteiger charge is 2.42. The number of thiophene rings is 1. The number of carbonyl (C=O) groups is 1. The molecule has 23 heavy (non-hydrogen) atoms. The van der Waals surface area contributed by atoms with Gasteiger partial charge < -0.3 is 10.0 Å². The van der Waals surface area contributed by atoms with Crippen LogP contribution < -0.4 is 0 Å². The molecule has 0 aliphatic carbocycles. The van der Waals surface area contributed by atoms with E-state index in [1.165, 1.54) is 11.3 Å². The molecule has 3 rings (SSSR count). The third-order valence-corrected chi connectivity index (χ3v) is 5.79. The van der Waals surface area contributed by atoms with E-state index in [0.717, 1.165) is 5.56 Å². The smallest absolute Gasteiger partial charge is 0.264 e. The van der Waals surface area contributed by atoms with Crippen molar-refractivity contribution in [3.05, 3.63) is 21.9 Å². The van der Waals surface area contributed by atoms with E-state index in [-0.39, 0.29) is 25.3 Å². The van der Waals surface area contributed by atoms with Gasteiger partial charge in [-0.15, -0.1) is 11.3 Å². The Kier molecular flexibility index (Phi) is 4.46. The second kappa shape index (κ2) is 6.11. The predicted octanol–water partition coefficient (Wildman–Crippen LogP) is 2.36. The number of nitrogens with zero attached hydrogens (tertiary/aromatic N) is 2. The maximum Gasteiger partial charge on any atom is 0.264 e. The Labute approximate surface area is 138 Å². The first-order valence-electron chi connectivity index (χ1n) is 7.94. The van der Waals surface area contributed by atoms with Gasteiger partial charge in [0.15, 0.2) is 0 Å². The number of hydrogen-bond donors (Lipinski definition) is 1. The van der Waals surface area contributed by atoms with Crippen molar-refractivity contribution in [3.63, 3.8) is 0 Å². The normalized spacial score (nSPS) is 28.3. The van der Waals surface area contributed by atoms with Gasteiger partial charge in [0, 0.05) is 39.0 Å². The first-order valence-corrected chi connectivity index (χ1v) is 8.82. The number of rotatable bonds is 3. The van der Waals surface area contributed by atoms with Gasteiger partial charge in [0.05, 0.1) is 17.0 Å². The summed E-state index contributed by atoms with van der Waals surface area (Å²) in [6.07, 6.45) is 0.191. The van der Waals surface area contributed by atoms with E-state index >= 15 is 0 Å². The molecule has 2 aliphatic rings. The van der Waals surface area contributed by atoms with Crippen molar-refractivity contribution in [1.82, 2.24) is 9.80 Å². The van der Waals surface area contributed by atoms with E-state index in [1.807, 2.05) is 23.3 Å². The fourth-order valence-electron chi connectivity index (χ4n) is 3.35. The molecule has 7 heteroatoms. The zero-order chi connectivity index (χ0) is 16.7. The Morgan fingerprint density at radius 3 is 2.61 bits per heavy atom. The molecule has 1 aromatic rings. The summed E-state index contributed by atoms with van der Waals surface area (Å²) in [5, 5.41) is 12.6. The molecule has 1 aromatic heterocycles. The second-order valence-electron chi connectivity index (χ2n) is 6.77. The van der Waals surface area contributed by atoms with E-state index in [2.05, 4.69) is 0 Å². The van der Waals surface area contributed by atoms with Crippen molar-refractivity contribution >= 4 is 17.2 Å². The summed E-state index contributed by atoms with van der Waals surface area (Å²) in [5.41, 5.74) is -0.0401. The molecule has 4 nitrogen and oxygen atoms in total. The van der Waals surface area contributed by atoms with E-state index < -0.39 is 11.5 Å². The molecule has 0 saturated carbocycles. The summed E-state index contributed by atoms with van der Waals surface area (Å²) in [6.45, 7) is 3.64. The highest BCUT2D eigenvalue weighted by atomic mass is 32.1. The summed E-state index contributed by atoms with van der Waals surface area (Å²) >= 11 is 1.41. The van der Waals surface area contributed by atoms with Crippen LogP contribution in [0.15, 0.2) is 11.4 Å². The van der Waals surface area contributed by atoms with Crippen LogP contribution in [0.1, 0.15) is 34.5 Å². The van der Waals surface area contributed by atoms with Crippen LogP contribution in [0.25, 0.3) is 0 Å². The maximum absolute atomic E-state index is 13.2. The zero-order valence-corrected chi connectivity index (χ0v) is 14.0. The molecule has 0 spiro atoms. The van der Waals surface area contributed by atoms with Crippen LogP contribution in [0.2, 0.25) is 0 Å². The van der Waals surface area contributed by atoms with E-state index in [0.29, 0.717) is 37.5 Å². The highest BCUT2D eigenvalue weighted by Crippen LogP contribution is 2.31. The first-order chi connectivity index (χ1) is 10.8. The number of piperidine rings is 1. The lowest BCUT2D eigenvalue weighted by Gasteiger charge is -2.36. The van der Waals surface area contributed by atoms with E-state index in [1.54, 1.807) is 4.90 Å². The van der Waals surface area contributed by atoms with Crippen LogP contribution >= 0.6 is 11.3 Å². The predicted molar refractivity (Wildman–Crippen MR) is 85.1 cm³/mol. The minimum absolute atomic E-state index is 0.0430. The molecule has 1 N–H and O–H groups in total. The van der Waals surface area contributed by atoms with Crippen molar-refractivity contribution in [2.75, 3.05) is 32.7 Å². The minimum Gasteiger partial charge on any atom is -0.387 e. The molecule has 2 fully saturated rings. The lowest BCUT2D eigenvalue weighted by Crippen LogP contribution is -2.49. The van der Waals surface area contributed by atoms with Gasteiger partial charge in [0.2, 0.25) is 0 Å². The van der Waals surface area contributed by atoms with Gasteiger partial charge in [-0.2, -0.15) is 0 Å². The number of amides is 1. The van der Waals surface area contributed by atoms with Crippen LogP contribution in [-0.2, 0) is 0 Å². The Bertz CT molecular complexity index is 582. The van der Waals surface area contributed by atoms with Crippen molar-refractivity contribution in [3.8, 4) is 0 Å². The summed E-state index contributed by atoms with van der Waals surface area (Å²) < 4.78 is 26.4. The number of β-amino-alcohol motifs (C(OH)–C–C–N with tert-alkyl or cyclic N) is 1. The fraction of sp³-hybridized carbons (Fsp3) is 0.688. The van der Waals surface area contributed by atoms with Crippen LogP contribution in [0.5, 0.6) is 0 Å². The van der Waals surface area contributed by atoms with Gasteiger partial charge in [-0.25, -0.2) is 8.78 Å². The Hall–Kier alpha value is -1.05. The summed E-state index contributed by atoms with van der Waals surface area (Å²) in [4.78, 5) is 16.8. The van der Waals surface area contributed by atoms with Gasteiger partial charge in [-0.05, 0) is 30.4 Å². The molecule has 1 atom stereocenters. The average molecular weight is 344 g/mol. The third-order valence-electron chi connectivity index (χ3n) is 4.78. The maximum atomic E-state index is 13.2. The molecule has 0 bridgehead atoms. The van der Waals surface area contributed by atoms with E-state index in [4.69, 9.17) is 0 Å². The van der Waals surface area contributed by atoms with Crippen molar-refractivity contribution in [2.45, 2.75) is 37.7 Å². The molecule has 3 heterocycles. The molecular weight excluding hydrogens is 322 g/mol. The molecule has 1 amide bonds. The van der Waals surface area contributed by atoms with E-state index in [9.17, 15) is 18.7 Å². The largest absolute Gasteiger partial charge is 0.387 e. The topological polar surface area (TPSA) is 43.8 Å². The quantitative estimate of drug-likeness (QED) is 0.915. The van der Waals surface area contributed by atoms with Gasteiger partial charge in [0.25, 0.3) is 11.8 Å². The zero-order valence-electron chi connectivity index (χ0n) is 13.2. The fourth-order valence-corrected chi connectivity index (χ4v) is 4.24. The Morgan fingerprint density at radius 1 is 1.30 bits per heavy atom. The van der Waals surface area contributed by atoms with Gasteiger partial charge in [0.1, 0.15) is 0 Å². The SMILES string of the molecule is Cc1ccsc1C(=O)N1CCC(O)(CN2CCC(F)(F)CC2)C1. The second-order valence-corrected chi connectivity index (χ2v) is 7.68. The number of aliphatic hydroxyl groups is 1. The molecule has 128 valence electrons. The number of hydrogen-bond acceptors (Lipinski definition) is 4. The number of carbonyl (C=O) groups excluding carboxylic acids is 1. The van der Waals surface area contributed by atoms with Crippen molar-refractivity contribution in [1.29, 1.82) is 0 Å². The average Bonchev–Trinajstić information content (AvgIpc) is 3.07. The third kappa shape index (κ3) is 3.72.